The molecule has 1 aromatic heterocycles. The summed E-state index contributed by atoms with van der Waals surface area (Å²) in [5.74, 6) is 0. The minimum absolute atomic E-state index is 0.905. The molecule has 1 aromatic rings. The average molecular weight is 268 g/mol. The lowest BCUT2D eigenvalue weighted by atomic mass is 10.2. The van der Waals surface area contributed by atoms with Crippen LogP contribution in [0.25, 0.3) is 0 Å². The van der Waals surface area contributed by atoms with Crippen LogP contribution in [0.15, 0.2) is 11.4 Å². The lowest BCUT2D eigenvalue weighted by Gasteiger charge is -2.26. The first-order chi connectivity index (χ1) is 8.90. The summed E-state index contributed by atoms with van der Waals surface area (Å²) in [7, 11) is 0. The van der Waals surface area contributed by atoms with Crippen molar-refractivity contribution in [1.82, 2.24) is 10.2 Å². The van der Waals surface area contributed by atoms with Gasteiger partial charge in [0, 0.05) is 24.5 Å². The molecule has 102 valence electrons. The van der Waals surface area contributed by atoms with Crippen LogP contribution in [0.2, 0.25) is 0 Å². The maximum absolute atomic E-state index is 5.35. The average Bonchev–Trinajstić information content (AvgIpc) is 2.87. The number of nitrogens with one attached hydrogen (secondary N) is 1. The standard InChI is InChI=1S/C14H24N2OS/c1-2-13-4-11-18-14(13)12-15-5-3-6-16-7-9-17-10-8-16/h4,11,15H,2-3,5-10,12H2,1H3. The Hall–Kier alpha value is -0.420. The van der Waals surface area contributed by atoms with Crippen LogP contribution in [0, 0.1) is 0 Å². The minimum atomic E-state index is 0.905. The highest BCUT2D eigenvalue weighted by molar-refractivity contribution is 7.10. The topological polar surface area (TPSA) is 24.5 Å². The molecule has 1 fully saturated rings. The second kappa shape index (κ2) is 7.89. The minimum Gasteiger partial charge on any atom is -0.379 e. The molecule has 0 radical (unpaired) electrons. The Kier molecular flexibility index (Phi) is 6.14. The zero-order valence-corrected chi connectivity index (χ0v) is 12.1. The van der Waals surface area contributed by atoms with E-state index in [1.165, 1.54) is 23.4 Å². The third-order valence-electron chi connectivity index (χ3n) is 3.44. The van der Waals surface area contributed by atoms with Crippen molar-refractivity contribution in [2.45, 2.75) is 26.3 Å². The molecule has 0 unspecified atom stereocenters. The van der Waals surface area contributed by atoms with E-state index in [9.17, 15) is 0 Å². The highest BCUT2D eigenvalue weighted by Crippen LogP contribution is 2.16. The predicted molar refractivity (Wildman–Crippen MR) is 77.3 cm³/mol. The summed E-state index contributed by atoms with van der Waals surface area (Å²) >= 11 is 1.87. The highest BCUT2D eigenvalue weighted by atomic mass is 32.1. The van der Waals surface area contributed by atoms with Gasteiger partial charge in [0.05, 0.1) is 13.2 Å². The Labute approximate surface area is 114 Å². The van der Waals surface area contributed by atoms with Gasteiger partial charge in [0.25, 0.3) is 0 Å². The summed E-state index contributed by atoms with van der Waals surface area (Å²) in [4.78, 5) is 4.00. The van der Waals surface area contributed by atoms with E-state index in [4.69, 9.17) is 4.74 Å². The number of aryl methyl sites for hydroxylation is 1. The molecule has 0 spiro atoms. The number of morpholine rings is 1. The van der Waals surface area contributed by atoms with Gasteiger partial charge in [-0.3, -0.25) is 4.90 Å². The maximum Gasteiger partial charge on any atom is 0.0594 e. The number of rotatable bonds is 7. The molecule has 0 atom stereocenters. The van der Waals surface area contributed by atoms with Crippen molar-refractivity contribution in [1.29, 1.82) is 0 Å². The smallest absolute Gasteiger partial charge is 0.0594 e. The molecule has 0 amide bonds. The van der Waals surface area contributed by atoms with Gasteiger partial charge < -0.3 is 10.1 Å². The summed E-state index contributed by atoms with van der Waals surface area (Å²) < 4.78 is 5.35. The van der Waals surface area contributed by atoms with E-state index >= 15 is 0 Å². The lowest BCUT2D eigenvalue weighted by molar-refractivity contribution is 0.0374. The highest BCUT2D eigenvalue weighted by Gasteiger charge is 2.09. The van der Waals surface area contributed by atoms with Crippen LogP contribution in [-0.2, 0) is 17.7 Å². The zero-order valence-electron chi connectivity index (χ0n) is 11.3. The molecule has 2 heterocycles. The van der Waals surface area contributed by atoms with Gasteiger partial charge in [-0.25, -0.2) is 0 Å². The van der Waals surface area contributed by atoms with Crippen LogP contribution in [0.3, 0.4) is 0 Å². The molecular formula is C14H24N2OS. The van der Waals surface area contributed by atoms with Gasteiger partial charge in [0.1, 0.15) is 0 Å². The number of nitrogens with zero attached hydrogens (tertiary/aromatic N) is 1. The molecule has 0 aliphatic carbocycles. The first kappa shape index (κ1) is 14.0. The Morgan fingerprint density at radius 1 is 1.39 bits per heavy atom. The number of hydrogen-bond donors (Lipinski definition) is 1. The van der Waals surface area contributed by atoms with Gasteiger partial charge in [0.15, 0.2) is 0 Å². The first-order valence-corrected chi connectivity index (χ1v) is 7.84. The Morgan fingerprint density at radius 2 is 2.22 bits per heavy atom. The molecule has 2 rings (SSSR count). The van der Waals surface area contributed by atoms with Gasteiger partial charge in [-0.2, -0.15) is 0 Å². The maximum atomic E-state index is 5.35. The molecule has 1 N–H and O–H groups in total. The predicted octanol–water partition coefficient (Wildman–Crippen LogP) is 2.12. The molecule has 0 bridgehead atoms. The van der Waals surface area contributed by atoms with Crippen molar-refractivity contribution < 1.29 is 4.74 Å². The third-order valence-corrected chi connectivity index (χ3v) is 4.40. The molecular weight excluding hydrogens is 244 g/mol. The molecule has 1 saturated heterocycles. The summed E-state index contributed by atoms with van der Waals surface area (Å²) in [5, 5.41) is 5.75. The molecule has 0 saturated carbocycles. The van der Waals surface area contributed by atoms with E-state index in [0.29, 0.717) is 0 Å². The number of thiophene rings is 1. The van der Waals surface area contributed by atoms with E-state index < -0.39 is 0 Å². The Bertz CT molecular complexity index is 334. The van der Waals surface area contributed by atoms with Crippen molar-refractivity contribution >= 4 is 11.3 Å². The third kappa shape index (κ3) is 4.35. The zero-order chi connectivity index (χ0) is 12.6. The molecule has 18 heavy (non-hydrogen) atoms. The summed E-state index contributed by atoms with van der Waals surface area (Å²) in [6.07, 6.45) is 2.38. The van der Waals surface area contributed by atoms with Crippen molar-refractivity contribution in [2.75, 3.05) is 39.4 Å². The van der Waals surface area contributed by atoms with Gasteiger partial charge in [-0.05, 0) is 42.9 Å². The normalized spacial score (nSPS) is 17.2. The first-order valence-electron chi connectivity index (χ1n) is 6.96. The summed E-state index contributed by atoms with van der Waals surface area (Å²) in [5.41, 5.74) is 1.50. The van der Waals surface area contributed by atoms with Crippen molar-refractivity contribution in [3.63, 3.8) is 0 Å². The van der Waals surface area contributed by atoms with Gasteiger partial charge >= 0.3 is 0 Å². The fourth-order valence-corrected chi connectivity index (χ4v) is 3.24. The SMILES string of the molecule is CCc1ccsc1CNCCCN1CCOCC1. The fourth-order valence-electron chi connectivity index (χ4n) is 2.29. The summed E-state index contributed by atoms with van der Waals surface area (Å²) in [6, 6.07) is 2.25. The molecule has 0 aromatic carbocycles. The van der Waals surface area contributed by atoms with Crippen LogP contribution < -0.4 is 5.32 Å². The van der Waals surface area contributed by atoms with Crippen LogP contribution in [0.1, 0.15) is 23.8 Å². The Balaban J connectivity index is 1.55. The van der Waals surface area contributed by atoms with Crippen LogP contribution in [0.4, 0.5) is 0 Å². The van der Waals surface area contributed by atoms with Gasteiger partial charge in [-0.1, -0.05) is 6.92 Å². The van der Waals surface area contributed by atoms with Crippen molar-refractivity contribution in [3.05, 3.63) is 21.9 Å². The van der Waals surface area contributed by atoms with Crippen molar-refractivity contribution in [2.24, 2.45) is 0 Å². The largest absolute Gasteiger partial charge is 0.379 e. The van der Waals surface area contributed by atoms with Crippen LogP contribution >= 0.6 is 11.3 Å². The van der Waals surface area contributed by atoms with E-state index in [2.05, 4.69) is 28.6 Å². The van der Waals surface area contributed by atoms with Crippen LogP contribution in [0.5, 0.6) is 0 Å². The monoisotopic (exact) mass is 268 g/mol. The lowest BCUT2D eigenvalue weighted by Crippen LogP contribution is -2.37. The van der Waals surface area contributed by atoms with Crippen molar-refractivity contribution in [3.8, 4) is 0 Å². The molecule has 1 aliphatic rings. The van der Waals surface area contributed by atoms with E-state index in [1.807, 2.05) is 11.3 Å². The quantitative estimate of drug-likeness (QED) is 0.767. The second-order valence-electron chi connectivity index (χ2n) is 4.71. The van der Waals surface area contributed by atoms with E-state index in [0.717, 1.165) is 45.8 Å². The molecule has 1 aliphatic heterocycles. The van der Waals surface area contributed by atoms with Crippen LogP contribution in [-0.4, -0.2) is 44.3 Å². The van der Waals surface area contributed by atoms with E-state index in [-0.39, 0.29) is 0 Å². The molecule has 3 nitrogen and oxygen atoms in total. The summed E-state index contributed by atoms with van der Waals surface area (Å²) in [6.45, 7) is 9.58. The van der Waals surface area contributed by atoms with Gasteiger partial charge in [0.2, 0.25) is 0 Å². The molecule has 4 heteroatoms. The Morgan fingerprint density at radius 3 is 3.00 bits per heavy atom. The second-order valence-corrected chi connectivity index (χ2v) is 5.71. The van der Waals surface area contributed by atoms with Gasteiger partial charge in [-0.15, -0.1) is 11.3 Å². The number of hydrogen-bond acceptors (Lipinski definition) is 4. The number of ether oxygens (including phenoxy) is 1. The van der Waals surface area contributed by atoms with E-state index in [1.54, 1.807) is 0 Å². The fraction of sp³-hybridized carbons (Fsp3) is 0.714.